The van der Waals surface area contributed by atoms with E-state index >= 15 is 0 Å². The minimum absolute atomic E-state index is 0.0663. The zero-order valence-electron chi connectivity index (χ0n) is 12.3. The fourth-order valence-electron chi connectivity index (χ4n) is 2.86. The van der Waals surface area contributed by atoms with Crippen LogP contribution in [0.15, 0.2) is 36.1 Å². The Morgan fingerprint density at radius 1 is 1.25 bits per heavy atom. The number of aliphatic hydroxyl groups is 2. The first-order valence-corrected chi connectivity index (χ1v) is 7.27. The number of hydrogen-bond acceptors (Lipinski definition) is 3. The van der Waals surface area contributed by atoms with E-state index in [9.17, 15) is 10.2 Å². The van der Waals surface area contributed by atoms with Gasteiger partial charge in [-0.25, -0.2) is 0 Å². The molecule has 1 aliphatic heterocycles. The Balaban J connectivity index is 2.12. The normalized spacial score (nSPS) is 22.9. The Morgan fingerprint density at radius 2 is 1.95 bits per heavy atom. The molecule has 0 aromatic heterocycles. The first kappa shape index (κ1) is 15.1. The molecule has 1 atom stereocenters. The molecule has 2 N–H and O–H groups in total. The number of aliphatic hydroxyl groups excluding tert-OH is 2. The van der Waals surface area contributed by atoms with Gasteiger partial charge in [0.05, 0.1) is 24.6 Å². The van der Waals surface area contributed by atoms with Crippen LogP contribution in [0.25, 0.3) is 0 Å². The molecule has 1 aromatic carbocycles. The molecule has 0 aliphatic carbocycles. The number of ether oxygens (including phenoxy) is 1. The van der Waals surface area contributed by atoms with Crippen molar-refractivity contribution < 1.29 is 14.9 Å². The molecule has 2 rings (SSSR count). The van der Waals surface area contributed by atoms with Gasteiger partial charge in [0.2, 0.25) is 0 Å². The van der Waals surface area contributed by atoms with Crippen molar-refractivity contribution in [1.29, 1.82) is 0 Å². The van der Waals surface area contributed by atoms with Crippen molar-refractivity contribution in [2.75, 3.05) is 6.61 Å². The van der Waals surface area contributed by atoms with Crippen molar-refractivity contribution >= 4 is 0 Å². The Kier molecular flexibility index (Phi) is 4.84. The highest BCUT2D eigenvalue weighted by Gasteiger charge is 2.37. The average molecular weight is 276 g/mol. The maximum atomic E-state index is 9.83. The third-order valence-electron chi connectivity index (χ3n) is 4.33. The lowest BCUT2D eigenvalue weighted by atomic mass is 9.80. The summed E-state index contributed by atoms with van der Waals surface area (Å²) in [7, 11) is 0. The van der Waals surface area contributed by atoms with Crippen molar-refractivity contribution in [2.45, 2.75) is 45.3 Å². The first-order valence-electron chi connectivity index (χ1n) is 7.27. The van der Waals surface area contributed by atoms with Crippen LogP contribution < -0.4 is 0 Å². The molecule has 3 heteroatoms. The minimum atomic E-state index is -0.304. The van der Waals surface area contributed by atoms with Crippen LogP contribution in [0.5, 0.6) is 0 Å². The van der Waals surface area contributed by atoms with Gasteiger partial charge >= 0.3 is 0 Å². The highest BCUT2D eigenvalue weighted by Crippen LogP contribution is 2.36. The Morgan fingerprint density at radius 3 is 2.55 bits per heavy atom. The van der Waals surface area contributed by atoms with Crippen LogP contribution in [0.4, 0.5) is 0 Å². The largest absolute Gasteiger partial charge is 0.512 e. The third-order valence-corrected chi connectivity index (χ3v) is 4.33. The van der Waals surface area contributed by atoms with Crippen LogP contribution in [-0.2, 0) is 17.8 Å². The molecule has 0 saturated carbocycles. The molecule has 0 spiro atoms. The summed E-state index contributed by atoms with van der Waals surface area (Å²) < 4.78 is 5.99. The van der Waals surface area contributed by atoms with Crippen molar-refractivity contribution in [3.05, 3.63) is 47.2 Å². The van der Waals surface area contributed by atoms with Gasteiger partial charge in [0, 0.05) is 6.42 Å². The second-order valence-electron chi connectivity index (χ2n) is 5.83. The molecular formula is C17H24O3. The Hall–Kier alpha value is -1.32. The molecule has 0 bridgehead atoms. The zero-order valence-corrected chi connectivity index (χ0v) is 12.3. The second-order valence-corrected chi connectivity index (χ2v) is 5.83. The van der Waals surface area contributed by atoms with E-state index in [1.807, 2.05) is 18.2 Å². The molecule has 1 aliphatic rings. The molecule has 1 aromatic rings. The van der Waals surface area contributed by atoms with E-state index < -0.39 is 0 Å². The van der Waals surface area contributed by atoms with Crippen molar-refractivity contribution in [2.24, 2.45) is 5.92 Å². The average Bonchev–Trinajstić information content (AvgIpc) is 2.45. The standard InChI is InChI=1S/C17H24O3/c1-13(2)17(11-16(19)8-10-20-17)9-7-14-5-3-4-6-15(14)12-18/h3-6,8,13,18-19H,7,9-12H2,1-2H3. The van der Waals surface area contributed by atoms with Crippen LogP contribution in [0.3, 0.4) is 0 Å². The highest BCUT2D eigenvalue weighted by atomic mass is 16.5. The summed E-state index contributed by atoms with van der Waals surface area (Å²) >= 11 is 0. The molecule has 0 amide bonds. The fourth-order valence-corrected chi connectivity index (χ4v) is 2.86. The molecular weight excluding hydrogens is 252 g/mol. The van der Waals surface area contributed by atoms with Gasteiger partial charge in [0.25, 0.3) is 0 Å². The number of aryl methyl sites for hydroxylation is 1. The van der Waals surface area contributed by atoms with E-state index in [-0.39, 0.29) is 12.2 Å². The molecule has 1 heterocycles. The van der Waals surface area contributed by atoms with Gasteiger partial charge in [0.15, 0.2) is 0 Å². The quantitative estimate of drug-likeness (QED) is 0.867. The predicted octanol–water partition coefficient (Wildman–Crippen LogP) is 3.37. The van der Waals surface area contributed by atoms with Crippen LogP contribution in [-0.4, -0.2) is 22.4 Å². The van der Waals surface area contributed by atoms with E-state index in [4.69, 9.17) is 4.74 Å². The smallest absolute Gasteiger partial charge is 0.0934 e. The topological polar surface area (TPSA) is 49.7 Å². The Labute approximate surface area is 120 Å². The lowest BCUT2D eigenvalue weighted by Gasteiger charge is -2.39. The summed E-state index contributed by atoms with van der Waals surface area (Å²) in [6.45, 7) is 4.82. The van der Waals surface area contributed by atoms with Crippen LogP contribution in [0, 0.1) is 5.92 Å². The van der Waals surface area contributed by atoms with Crippen LogP contribution >= 0.6 is 0 Å². The van der Waals surface area contributed by atoms with Gasteiger partial charge in [0.1, 0.15) is 0 Å². The molecule has 1 unspecified atom stereocenters. The summed E-state index contributed by atoms with van der Waals surface area (Å²) in [6.07, 6.45) is 4.01. The summed E-state index contributed by atoms with van der Waals surface area (Å²) in [5.74, 6) is 0.764. The zero-order chi connectivity index (χ0) is 14.6. The van der Waals surface area contributed by atoms with Crippen LogP contribution in [0.1, 0.15) is 37.8 Å². The van der Waals surface area contributed by atoms with E-state index in [2.05, 4.69) is 19.9 Å². The van der Waals surface area contributed by atoms with Gasteiger partial charge in [-0.2, -0.15) is 0 Å². The summed E-state index contributed by atoms with van der Waals surface area (Å²) in [5, 5.41) is 19.2. The lowest BCUT2D eigenvalue weighted by molar-refractivity contribution is -0.0870. The van der Waals surface area contributed by atoms with Gasteiger partial charge in [-0.1, -0.05) is 38.1 Å². The monoisotopic (exact) mass is 276 g/mol. The number of benzene rings is 1. The Bertz CT molecular complexity index is 479. The SMILES string of the molecule is CC(C)C1(CCc2ccccc2CO)CC(O)=CCO1. The van der Waals surface area contributed by atoms with Crippen molar-refractivity contribution in [3.63, 3.8) is 0 Å². The van der Waals surface area contributed by atoms with Crippen molar-refractivity contribution in [3.8, 4) is 0 Å². The summed E-state index contributed by atoms with van der Waals surface area (Å²) in [4.78, 5) is 0. The molecule has 0 saturated heterocycles. The highest BCUT2D eigenvalue weighted by molar-refractivity contribution is 5.27. The van der Waals surface area contributed by atoms with E-state index in [1.165, 1.54) is 0 Å². The van der Waals surface area contributed by atoms with E-state index in [1.54, 1.807) is 6.08 Å². The summed E-state index contributed by atoms with van der Waals surface area (Å²) in [6, 6.07) is 7.95. The van der Waals surface area contributed by atoms with E-state index in [0.29, 0.717) is 24.7 Å². The maximum absolute atomic E-state index is 9.83. The minimum Gasteiger partial charge on any atom is -0.512 e. The molecule has 20 heavy (non-hydrogen) atoms. The van der Waals surface area contributed by atoms with Crippen molar-refractivity contribution in [1.82, 2.24) is 0 Å². The van der Waals surface area contributed by atoms with Gasteiger partial charge in [-0.3, -0.25) is 0 Å². The molecule has 110 valence electrons. The molecule has 0 fully saturated rings. The van der Waals surface area contributed by atoms with Crippen LogP contribution in [0.2, 0.25) is 0 Å². The van der Waals surface area contributed by atoms with Gasteiger partial charge < -0.3 is 14.9 Å². The first-order chi connectivity index (χ1) is 9.57. The third kappa shape index (κ3) is 3.22. The molecule has 3 nitrogen and oxygen atoms in total. The number of hydrogen-bond donors (Lipinski definition) is 2. The fraction of sp³-hybridized carbons (Fsp3) is 0.529. The van der Waals surface area contributed by atoms with E-state index in [0.717, 1.165) is 24.0 Å². The summed E-state index contributed by atoms with van der Waals surface area (Å²) in [5.41, 5.74) is 1.83. The van der Waals surface area contributed by atoms with Gasteiger partial charge in [-0.15, -0.1) is 0 Å². The maximum Gasteiger partial charge on any atom is 0.0934 e. The number of rotatable bonds is 5. The lowest BCUT2D eigenvalue weighted by Crippen LogP contribution is -2.41. The molecule has 0 radical (unpaired) electrons. The predicted molar refractivity (Wildman–Crippen MR) is 79.5 cm³/mol. The van der Waals surface area contributed by atoms with Gasteiger partial charge in [-0.05, 0) is 36.0 Å². The second kappa shape index (κ2) is 6.42.